The fourth-order valence-corrected chi connectivity index (χ4v) is 2.44. The van der Waals surface area contributed by atoms with Gasteiger partial charge in [-0.2, -0.15) is 5.26 Å². The number of hydrogen-bond acceptors (Lipinski definition) is 7. The molecule has 3 aromatic carbocycles. The summed E-state index contributed by atoms with van der Waals surface area (Å²) in [6.45, 7) is 4.75. The molecule has 35 heavy (non-hydrogen) atoms. The normalized spacial score (nSPS) is 9.74. The van der Waals surface area contributed by atoms with Gasteiger partial charge in [-0.05, 0) is 36.4 Å². The van der Waals surface area contributed by atoms with E-state index in [-0.39, 0.29) is 62.3 Å². The summed E-state index contributed by atoms with van der Waals surface area (Å²) in [4.78, 5) is 10.1. The molecule has 0 spiro atoms. The quantitative estimate of drug-likeness (QED) is 0.122. The number of aldehydes is 1. The van der Waals surface area contributed by atoms with Crippen LogP contribution in [0.5, 0.6) is 0 Å². The summed E-state index contributed by atoms with van der Waals surface area (Å²) in [7, 11) is 0. The molecule has 2 N–H and O–H groups in total. The molecule has 174 valence electrons. The predicted octanol–water partition coefficient (Wildman–Crippen LogP) is 4.01. The van der Waals surface area contributed by atoms with Crippen LogP contribution in [0.3, 0.4) is 0 Å². The van der Waals surface area contributed by atoms with Crippen molar-refractivity contribution in [3.63, 3.8) is 0 Å². The Labute approximate surface area is 265 Å². The molecular weight excluding hydrogens is 561 g/mol. The third-order valence-corrected chi connectivity index (χ3v) is 4.55. The first-order chi connectivity index (χ1) is 16.3. The number of nitrogens with zero attached hydrogens (tertiary/aromatic N) is 4. The van der Waals surface area contributed by atoms with Crippen LogP contribution in [0, 0.1) is 23.2 Å². The van der Waals surface area contributed by atoms with Crippen molar-refractivity contribution in [2.75, 3.05) is 0 Å². The van der Waals surface area contributed by atoms with E-state index in [1.807, 2.05) is 0 Å². The Morgan fingerprint density at radius 2 is 1.14 bits per heavy atom. The fraction of sp³-hybridized carbons (Fsp3) is 0. The third kappa shape index (κ3) is 14.9. The van der Waals surface area contributed by atoms with Gasteiger partial charge in [0.05, 0.1) is 0 Å². The molecule has 0 amide bonds. The van der Waals surface area contributed by atoms with Gasteiger partial charge in [0.2, 0.25) is 0 Å². The molecule has 3 aromatic rings. The van der Waals surface area contributed by atoms with Gasteiger partial charge in [0.25, 0.3) is 0 Å². The molecule has 0 atom stereocenters. The Bertz CT molecular complexity index is 1150. The van der Waals surface area contributed by atoms with Gasteiger partial charge in [-0.25, -0.2) is 0 Å². The minimum atomic E-state index is -0.0216. The fourth-order valence-electron chi connectivity index (χ4n) is 1.94. The molecule has 0 aliphatic carbocycles. The van der Waals surface area contributed by atoms with E-state index in [1.165, 1.54) is 0 Å². The predicted molar refractivity (Wildman–Crippen MR) is 133 cm³/mol. The Morgan fingerprint density at radius 1 is 0.771 bits per heavy atom. The van der Waals surface area contributed by atoms with Gasteiger partial charge in [-0.3, -0.25) is 4.79 Å². The topological polar surface area (TPSA) is 130 Å². The molecule has 0 saturated heterocycles. The second-order valence-electron chi connectivity index (χ2n) is 5.63. The number of carbonyl (C=O) groups excluding carboxylic acids is 1. The van der Waals surface area contributed by atoms with Gasteiger partial charge in [0, 0.05) is 31.8 Å². The van der Waals surface area contributed by atoms with Crippen molar-refractivity contribution in [2.24, 2.45) is 10.3 Å². The third-order valence-electron chi connectivity index (χ3n) is 3.50. The zero-order valence-electron chi connectivity index (χ0n) is 18.1. The molecule has 0 unspecified atom stereocenters. The average molecular weight is 576 g/mol. The number of oxime groups is 2. The van der Waals surface area contributed by atoms with Crippen molar-refractivity contribution < 1.29 is 66.6 Å². The standard InChI is InChI=1S/C8H5ClN2O.C7H5Cl2NO.C7H5ClO.CN.K/c9-7-3-1-6(2-4-7)8(5-10)11-12;8-6-3-1-5(2-4-6)7(9)10-11;8-7-3-1-6(5-9)2-4-7;1-2;/h1-4,12H;1-4,11H;1-5H;;/q;;;-1;+1/b11-8+;10-7-;;;. The van der Waals surface area contributed by atoms with Crippen molar-refractivity contribution in [1.29, 1.82) is 10.5 Å². The zero-order chi connectivity index (χ0) is 25.9. The first-order valence-electron chi connectivity index (χ1n) is 8.79. The molecule has 0 saturated carbocycles. The maximum Gasteiger partial charge on any atom is 1.00 e. The first-order valence-corrected chi connectivity index (χ1v) is 10.3. The van der Waals surface area contributed by atoms with Gasteiger partial charge in [-0.1, -0.05) is 93.1 Å². The van der Waals surface area contributed by atoms with Gasteiger partial charge < -0.3 is 22.2 Å². The molecule has 0 bridgehead atoms. The summed E-state index contributed by atoms with van der Waals surface area (Å²) in [5.41, 5.74) is 1.81. The van der Waals surface area contributed by atoms with Crippen molar-refractivity contribution in [1.82, 2.24) is 0 Å². The van der Waals surface area contributed by atoms with Crippen molar-refractivity contribution >= 4 is 63.6 Å². The molecule has 7 nitrogen and oxygen atoms in total. The average Bonchev–Trinajstić information content (AvgIpc) is 2.88. The molecule has 3 rings (SSSR count). The largest absolute Gasteiger partial charge is 1.00 e. The van der Waals surface area contributed by atoms with Crippen LogP contribution in [0.25, 0.3) is 0 Å². The second kappa shape index (κ2) is 21.3. The van der Waals surface area contributed by atoms with Crippen molar-refractivity contribution in [3.8, 4) is 6.07 Å². The zero-order valence-corrected chi connectivity index (χ0v) is 24.3. The molecule has 0 aromatic heterocycles. The molecule has 0 aliphatic rings. The van der Waals surface area contributed by atoms with E-state index in [1.54, 1.807) is 78.9 Å². The number of halogens is 4. The van der Waals surface area contributed by atoms with Gasteiger partial charge in [0.1, 0.15) is 12.4 Å². The maximum absolute atomic E-state index is 10.1. The van der Waals surface area contributed by atoms with Crippen LogP contribution < -0.4 is 51.4 Å². The first kappa shape index (κ1) is 35.2. The number of benzene rings is 3. The number of hydrogen-bond donors (Lipinski definition) is 2. The summed E-state index contributed by atoms with van der Waals surface area (Å²) < 4.78 is 0. The van der Waals surface area contributed by atoms with Crippen LogP contribution in [0.4, 0.5) is 0 Å². The summed E-state index contributed by atoms with van der Waals surface area (Å²) in [5, 5.41) is 38.9. The SMILES string of the molecule is N#C/C(=N\O)c1ccc(Cl)cc1.O/N=C(\Cl)c1ccc(Cl)cc1.O=Cc1ccc(Cl)cc1.[C-]#N.[K+]. The monoisotopic (exact) mass is 574 g/mol. The van der Waals surface area contributed by atoms with E-state index in [0.717, 1.165) is 6.29 Å². The minimum absolute atomic E-state index is 0. The molecule has 0 heterocycles. The van der Waals surface area contributed by atoms with E-state index in [9.17, 15) is 4.79 Å². The van der Waals surface area contributed by atoms with Crippen LogP contribution in [-0.4, -0.2) is 27.6 Å². The Kier molecular flexibility index (Phi) is 21.5. The van der Waals surface area contributed by atoms with Crippen LogP contribution in [0.1, 0.15) is 21.5 Å². The molecule has 0 fully saturated rings. The van der Waals surface area contributed by atoms with Crippen LogP contribution >= 0.6 is 46.4 Å². The number of carbonyl (C=O) groups is 1. The van der Waals surface area contributed by atoms with Gasteiger partial charge >= 0.3 is 51.4 Å². The van der Waals surface area contributed by atoms with Gasteiger partial charge in [-0.15, -0.1) is 0 Å². The second-order valence-corrected chi connectivity index (χ2v) is 7.30. The summed E-state index contributed by atoms with van der Waals surface area (Å²) in [6, 6.07) is 21.6. The summed E-state index contributed by atoms with van der Waals surface area (Å²) >= 11 is 22.3. The van der Waals surface area contributed by atoms with Crippen molar-refractivity contribution in [2.45, 2.75) is 0 Å². The van der Waals surface area contributed by atoms with Crippen molar-refractivity contribution in [3.05, 3.63) is 111 Å². The minimum Gasteiger partial charge on any atom is -0.512 e. The van der Waals surface area contributed by atoms with Crippen LogP contribution in [0.2, 0.25) is 15.1 Å². The van der Waals surface area contributed by atoms with Crippen LogP contribution in [0.15, 0.2) is 83.1 Å². The Hall–Kier alpha value is -1.95. The Morgan fingerprint density at radius 3 is 1.46 bits per heavy atom. The van der Waals surface area contributed by atoms with E-state index < -0.39 is 0 Å². The maximum atomic E-state index is 10.1. The number of rotatable bonds is 3. The molecular formula is C23H15Cl4KN4O3. The molecule has 0 aliphatic heterocycles. The summed E-state index contributed by atoms with van der Waals surface area (Å²) in [5.74, 6) is 0. The molecule has 0 radical (unpaired) electrons. The van der Waals surface area contributed by atoms with Gasteiger partial charge in [0.15, 0.2) is 10.9 Å². The van der Waals surface area contributed by atoms with E-state index in [4.69, 9.17) is 73.9 Å². The smallest absolute Gasteiger partial charge is 0.512 e. The van der Waals surface area contributed by atoms with E-state index in [2.05, 4.69) is 10.3 Å². The summed E-state index contributed by atoms with van der Waals surface area (Å²) in [6.07, 6.45) is 0.788. The Balaban J connectivity index is 0. The molecule has 12 heteroatoms. The van der Waals surface area contributed by atoms with Crippen LogP contribution in [-0.2, 0) is 0 Å². The number of nitriles is 1. The van der Waals surface area contributed by atoms with E-state index >= 15 is 0 Å². The van der Waals surface area contributed by atoms with E-state index in [0.29, 0.717) is 31.8 Å².